The lowest BCUT2D eigenvalue weighted by Gasteiger charge is -2.19. The first-order valence-corrected chi connectivity index (χ1v) is 3.77. The average Bonchev–Trinajstić information content (AvgIpc) is 2.05. The van der Waals surface area contributed by atoms with Gasteiger partial charge in [0.05, 0.1) is 0 Å². The van der Waals surface area contributed by atoms with E-state index < -0.39 is 12.1 Å². The van der Waals surface area contributed by atoms with Gasteiger partial charge in [0, 0.05) is 0 Å². The summed E-state index contributed by atoms with van der Waals surface area (Å²) in [6.07, 6.45) is 5.12. The van der Waals surface area contributed by atoms with E-state index in [1.165, 1.54) is 0 Å². The third-order valence-corrected chi connectivity index (χ3v) is 2.01. The predicted octanol–water partition coefficient (Wildman–Crippen LogP) is 0.788. The Morgan fingerprint density at radius 3 is 2.73 bits per heavy atom. The Hall–Kier alpha value is -0.830. The first kappa shape index (κ1) is 8.27. The van der Waals surface area contributed by atoms with Crippen molar-refractivity contribution in [1.29, 1.82) is 0 Å². The number of hydrogen-bond donors (Lipinski definition) is 2. The zero-order valence-corrected chi connectivity index (χ0v) is 6.23. The van der Waals surface area contributed by atoms with Crippen LogP contribution in [0.15, 0.2) is 12.2 Å². The van der Waals surface area contributed by atoms with Crippen LogP contribution in [0.4, 0.5) is 0 Å². The highest BCUT2D eigenvalue weighted by Crippen LogP contribution is 2.21. The van der Waals surface area contributed by atoms with Gasteiger partial charge >= 0.3 is 5.97 Å². The molecule has 11 heavy (non-hydrogen) atoms. The summed E-state index contributed by atoms with van der Waals surface area (Å²) < 4.78 is 0. The fourth-order valence-electron chi connectivity index (χ4n) is 1.31. The second kappa shape index (κ2) is 3.53. The van der Waals surface area contributed by atoms with Crippen molar-refractivity contribution in [2.45, 2.75) is 25.4 Å². The molecule has 0 spiro atoms. The summed E-state index contributed by atoms with van der Waals surface area (Å²) in [5.74, 6) is -1.19. The number of carbonyl (C=O) groups is 1. The van der Waals surface area contributed by atoms with Crippen molar-refractivity contribution in [2.75, 3.05) is 0 Å². The molecule has 0 amide bonds. The number of carboxylic acids is 1. The van der Waals surface area contributed by atoms with E-state index in [0.29, 0.717) is 6.42 Å². The molecule has 1 unspecified atom stereocenters. The van der Waals surface area contributed by atoms with Gasteiger partial charge in [0.1, 0.15) is 0 Å². The monoisotopic (exact) mass is 156 g/mol. The summed E-state index contributed by atoms with van der Waals surface area (Å²) >= 11 is 0. The normalized spacial score (nSPS) is 26.5. The number of aliphatic hydroxyl groups is 1. The van der Waals surface area contributed by atoms with Crippen molar-refractivity contribution in [3.63, 3.8) is 0 Å². The number of carboxylic acid groups (broad SMARTS) is 1. The van der Waals surface area contributed by atoms with Gasteiger partial charge in [-0.05, 0) is 25.2 Å². The van der Waals surface area contributed by atoms with Gasteiger partial charge in [0.25, 0.3) is 0 Å². The molecule has 0 bridgehead atoms. The Kier molecular flexibility index (Phi) is 2.65. The van der Waals surface area contributed by atoms with Crippen LogP contribution in [-0.2, 0) is 4.79 Å². The van der Waals surface area contributed by atoms with Crippen molar-refractivity contribution in [3.8, 4) is 0 Å². The van der Waals surface area contributed by atoms with Crippen LogP contribution >= 0.6 is 0 Å². The second-order valence-corrected chi connectivity index (χ2v) is 2.83. The molecule has 0 saturated carbocycles. The molecule has 3 nitrogen and oxygen atoms in total. The fourth-order valence-corrected chi connectivity index (χ4v) is 1.31. The molecule has 1 aliphatic carbocycles. The van der Waals surface area contributed by atoms with Crippen molar-refractivity contribution in [3.05, 3.63) is 12.2 Å². The highest BCUT2D eigenvalue weighted by atomic mass is 16.4. The van der Waals surface area contributed by atoms with E-state index in [4.69, 9.17) is 10.2 Å². The van der Waals surface area contributed by atoms with E-state index >= 15 is 0 Å². The van der Waals surface area contributed by atoms with Gasteiger partial charge < -0.3 is 10.2 Å². The van der Waals surface area contributed by atoms with E-state index in [9.17, 15) is 4.79 Å². The molecule has 1 aliphatic rings. The van der Waals surface area contributed by atoms with Gasteiger partial charge in [-0.25, -0.2) is 4.79 Å². The zero-order valence-electron chi connectivity index (χ0n) is 6.23. The quantitative estimate of drug-likeness (QED) is 0.581. The minimum atomic E-state index is -1.18. The third kappa shape index (κ3) is 2.05. The van der Waals surface area contributed by atoms with Crippen LogP contribution in [-0.4, -0.2) is 22.3 Å². The predicted molar refractivity (Wildman–Crippen MR) is 40.1 cm³/mol. The molecule has 0 saturated heterocycles. The summed E-state index contributed by atoms with van der Waals surface area (Å²) in [5.41, 5.74) is 0. The standard InChI is InChI=1S/C8H12O3/c9-7(8(10)11)6-4-2-1-3-5-6/h1-2,6-7,9H,3-5H2,(H,10,11)/t6-,7?/m0/s1. The van der Waals surface area contributed by atoms with Crippen LogP contribution in [0, 0.1) is 5.92 Å². The van der Waals surface area contributed by atoms with E-state index in [1.54, 1.807) is 0 Å². The number of hydrogen-bond acceptors (Lipinski definition) is 2. The lowest BCUT2D eigenvalue weighted by atomic mass is 9.89. The van der Waals surface area contributed by atoms with E-state index in [-0.39, 0.29) is 5.92 Å². The van der Waals surface area contributed by atoms with Gasteiger partial charge in [-0.1, -0.05) is 12.2 Å². The lowest BCUT2D eigenvalue weighted by molar-refractivity contribution is -0.149. The van der Waals surface area contributed by atoms with E-state index in [2.05, 4.69) is 0 Å². The first-order valence-electron chi connectivity index (χ1n) is 3.77. The molecule has 2 atom stereocenters. The molecule has 2 N–H and O–H groups in total. The molecule has 1 rings (SSSR count). The Morgan fingerprint density at radius 1 is 1.55 bits per heavy atom. The zero-order chi connectivity index (χ0) is 8.27. The molecular weight excluding hydrogens is 144 g/mol. The Balaban J connectivity index is 2.46. The van der Waals surface area contributed by atoms with Crippen molar-refractivity contribution >= 4 is 5.97 Å². The minimum absolute atomic E-state index is 0.0856. The molecule has 0 fully saturated rings. The summed E-state index contributed by atoms with van der Waals surface area (Å²) in [7, 11) is 0. The van der Waals surface area contributed by atoms with Gasteiger partial charge in [-0.3, -0.25) is 0 Å². The summed E-state index contributed by atoms with van der Waals surface area (Å²) in [6, 6.07) is 0. The smallest absolute Gasteiger partial charge is 0.332 e. The number of aliphatic hydroxyl groups excluding tert-OH is 1. The van der Waals surface area contributed by atoms with Crippen LogP contribution in [0.2, 0.25) is 0 Å². The Labute approximate surface area is 65.3 Å². The van der Waals surface area contributed by atoms with Crippen LogP contribution in [0.5, 0.6) is 0 Å². The molecule has 0 heterocycles. The molecular formula is C8H12O3. The van der Waals surface area contributed by atoms with Gasteiger partial charge in [-0.15, -0.1) is 0 Å². The van der Waals surface area contributed by atoms with Crippen molar-refractivity contribution < 1.29 is 15.0 Å². The van der Waals surface area contributed by atoms with E-state index in [0.717, 1.165) is 12.8 Å². The van der Waals surface area contributed by atoms with Crippen molar-refractivity contribution in [2.24, 2.45) is 5.92 Å². The fraction of sp³-hybridized carbons (Fsp3) is 0.625. The van der Waals surface area contributed by atoms with Gasteiger partial charge in [0.15, 0.2) is 6.10 Å². The first-order chi connectivity index (χ1) is 5.22. The van der Waals surface area contributed by atoms with Crippen LogP contribution in [0.25, 0.3) is 0 Å². The molecule has 62 valence electrons. The number of aliphatic carboxylic acids is 1. The molecule has 3 heteroatoms. The Morgan fingerprint density at radius 2 is 2.27 bits per heavy atom. The minimum Gasteiger partial charge on any atom is -0.479 e. The molecule has 0 aromatic heterocycles. The SMILES string of the molecule is O=C(O)C(O)[C@H]1CC=CCC1. The maximum atomic E-state index is 10.3. The largest absolute Gasteiger partial charge is 0.479 e. The molecule has 0 aliphatic heterocycles. The number of allylic oxidation sites excluding steroid dienone is 2. The lowest BCUT2D eigenvalue weighted by Crippen LogP contribution is -2.29. The van der Waals surface area contributed by atoms with Gasteiger partial charge in [0.2, 0.25) is 0 Å². The maximum absolute atomic E-state index is 10.3. The molecule has 0 aromatic carbocycles. The highest BCUT2D eigenvalue weighted by Gasteiger charge is 2.24. The van der Waals surface area contributed by atoms with Crippen molar-refractivity contribution in [1.82, 2.24) is 0 Å². The van der Waals surface area contributed by atoms with Crippen LogP contribution in [0.1, 0.15) is 19.3 Å². The average molecular weight is 156 g/mol. The highest BCUT2D eigenvalue weighted by molar-refractivity contribution is 5.72. The van der Waals surface area contributed by atoms with Gasteiger partial charge in [-0.2, -0.15) is 0 Å². The molecule has 0 radical (unpaired) electrons. The third-order valence-electron chi connectivity index (χ3n) is 2.01. The molecule has 0 aromatic rings. The topological polar surface area (TPSA) is 57.5 Å². The van der Waals surface area contributed by atoms with E-state index in [1.807, 2.05) is 12.2 Å². The summed E-state index contributed by atoms with van der Waals surface area (Å²) in [6.45, 7) is 0. The second-order valence-electron chi connectivity index (χ2n) is 2.83. The van der Waals surface area contributed by atoms with Crippen LogP contribution in [0.3, 0.4) is 0 Å². The number of rotatable bonds is 2. The Bertz CT molecular complexity index is 174. The summed E-state index contributed by atoms with van der Waals surface area (Å²) in [5, 5.41) is 17.6. The summed E-state index contributed by atoms with van der Waals surface area (Å²) in [4.78, 5) is 10.3. The van der Waals surface area contributed by atoms with Crippen LogP contribution < -0.4 is 0 Å². The maximum Gasteiger partial charge on any atom is 0.332 e.